The van der Waals surface area contributed by atoms with E-state index in [0.29, 0.717) is 11.5 Å². The highest BCUT2D eigenvalue weighted by Crippen LogP contribution is 2.37. The molecule has 0 saturated carbocycles. The number of nitrogens with zero attached hydrogens (tertiary/aromatic N) is 3. The molecule has 3 rings (SSSR count). The van der Waals surface area contributed by atoms with E-state index in [1.165, 1.54) is 35.2 Å². The molecule has 2 unspecified atom stereocenters. The lowest BCUT2D eigenvalue weighted by atomic mass is 9.90. The number of thioether (sulfide) groups is 1. The molecule has 144 valence electrons. The lowest BCUT2D eigenvalue weighted by molar-refractivity contribution is 0.0133. The highest BCUT2D eigenvalue weighted by molar-refractivity contribution is 7.99. The Morgan fingerprint density at radius 3 is 2.74 bits per heavy atom. The van der Waals surface area contributed by atoms with Gasteiger partial charge in [-0.3, -0.25) is 0 Å². The molecular weight excluding hydrogens is 380 g/mol. The van der Waals surface area contributed by atoms with Crippen molar-refractivity contribution in [2.75, 3.05) is 0 Å². The highest BCUT2D eigenvalue weighted by atomic mass is 32.2. The quantitative estimate of drug-likeness (QED) is 0.655. The van der Waals surface area contributed by atoms with Crippen molar-refractivity contribution in [2.24, 2.45) is 0 Å². The Morgan fingerprint density at radius 1 is 1.37 bits per heavy atom. The van der Waals surface area contributed by atoms with E-state index in [0.717, 1.165) is 12.1 Å². The fourth-order valence-electron chi connectivity index (χ4n) is 2.68. The Hall–Kier alpha value is -2.46. The predicted molar refractivity (Wildman–Crippen MR) is 93.0 cm³/mol. The van der Waals surface area contributed by atoms with E-state index in [4.69, 9.17) is 8.83 Å². The van der Waals surface area contributed by atoms with Crippen LogP contribution in [0.3, 0.4) is 0 Å². The Bertz CT molecular complexity index is 973. The zero-order valence-electron chi connectivity index (χ0n) is 14.6. The van der Waals surface area contributed by atoms with Crippen LogP contribution < -0.4 is 5.82 Å². The van der Waals surface area contributed by atoms with E-state index < -0.39 is 28.3 Å². The lowest BCUT2D eigenvalue weighted by Crippen LogP contribution is -2.41. The van der Waals surface area contributed by atoms with Gasteiger partial charge in [-0.15, -0.1) is 11.8 Å². The second-order valence-corrected chi connectivity index (χ2v) is 7.36. The maximum Gasteiger partial charge on any atom is 0.519 e. The van der Waals surface area contributed by atoms with Crippen molar-refractivity contribution in [1.82, 2.24) is 14.8 Å². The second-order valence-electron chi connectivity index (χ2n) is 6.03. The summed E-state index contributed by atoms with van der Waals surface area (Å²) in [5, 5.41) is 14.7. The number of aromatic nitrogens is 3. The molecule has 2 atom stereocenters. The molecule has 2 aromatic heterocycles. The van der Waals surface area contributed by atoms with Crippen LogP contribution in [0.5, 0.6) is 0 Å². The van der Waals surface area contributed by atoms with Crippen molar-refractivity contribution < 1.29 is 22.7 Å². The molecule has 7 nitrogen and oxygen atoms in total. The summed E-state index contributed by atoms with van der Waals surface area (Å²) in [5.74, 6) is -1.52. The van der Waals surface area contributed by atoms with Gasteiger partial charge >= 0.3 is 5.82 Å². The Labute approximate surface area is 157 Å². The molecule has 0 fully saturated rings. The van der Waals surface area contributed by atoms with Crippen LogP contribution in [0.2, 0.25) is 0 Å². The highest BCUT2D eigenvalue weighted by Gasteiger charge is 2.39. The first kappa shape index (κ1) is 19.3. The van der Waals surface area contributed by atoms with Gasteiger partial charge < -0.3 is 13.9 Å². The Morgan fingerprint density at radius 2 is 2.15 bits per heavy atom. The van der Waals surface area contributed by atoms with Gasteiger partial charge in [-0.1, -0.05) is 13.0 Å². The number of rotatable bonds is 7. The number of aliphatic hydroxyl groups is 1. The summed E-state index contributed by atoms with van der Waals surface area (Å²) in [7, 11) is 0. The van der Waals surface area contributed by atoms with Gasteiger partial charge in [0.2, 0.25) is 0 Å². The molecule has 10 heteroatoms. The van der Waals surface area contributed by atoms with Crippen molar-refractivity contribution in [1.29, 1.82) is 0 Å². The third kappa shape index (κ3) is 4.11. The molecule has 0 aliphatic carbocycles. The first-order valence-electron chi connectivity index (χ1n) is 8.01. The number of benzene rings is 1. The van der Waals surface area contributed by atoms with Gasteiger partial charge in [0.05, 0.1) is 12.3 Å². The van der Waals surface area contributed by atoms with Gasteiger partial charge in [-0.25, -0.2) is 23.2 Å². The van der Waals surface area contributed by atoms with Gasteiger partial charge in [0, 0.05) is 16.9 Å². The monoisotopic (exact) mass is 397 g/mol. The van der Waals surface area contributed by atoms with Crippen LogP contribution >= 0.6 is 11.8 Å². The number of hydrogen-bond donors (Lipinski definition) is 1. The molecule has 0 aliphatic rings. The van der Waals surface area contributed by atoms with Crippen molar-refractivity contribution in [3.05, 3.63) is 70.2 Å². The van der Waals surface area contributed by atoms with Crippen molar-refractivity contribution in [3.8, 4) is 0 Å². The van der Waals surface area contributed by atoms with Crippen molar-refractivity contribution >= 4 is 11.8 Å². The fourth-order valence-corrected chi connectivity index (χ4v) is 3.82. The largest absolute Gasteiger partial charge is 0.519 e. The molecule has 2 heterocycles. The molecule has 0 bridgehead atoms. The van der Waals surface area contributed by atoms with E-state index in [1.54, 1.807) is 13.8 Å². The predicted octanol–water partition coefficient (Wildman–Crippen LogP) is 2.62. The van der Waals surface area contributed by atoms with E-state index in [1.807, 2.05) is 0 Å². The van der Waals surface area contributed by atoms with Gasteiger partial charge in [-0.05, 0) is 13.0 Å². The summed E-state index contributed by atoms with van der Waals surface area (Å²) >= 11 is 1.23. The Kier molecular flexibility index (Phi) is 5.47. The van der Waals surface area contributed by atoms with Crippen LogP contribution in [0.15, 0.2) is 44.5 Å². The van der Waals surface area contributed by atoms with Crippen molar-refractivity contribution in [3.63, 3.8) is 0 Å². The number of halogens is 2. The molecule has 1 N–H and O–H groups in total. The van der Waals surface area contributed by atoms with Crippen LogP contribution in [0.4, 0.5) is 8.78 Å². The summed E-state index contributed by atoms with van der Waals surface area (Å²) in [6.45, 7) is 3.18. The molecule has 0 spiro atoms. The van der Waals surface area contributed by atoms with E-state index in [-0.39, 0.29) is 17.9 Å². The van der Waals surface area contributed by atoms with Gasteiger partial charge in [0.15, 0.2) is 5.76 Å². The van der Waals surface area contributed by atoms with Crippen molar-refractivity contribution in [2.45, 2.75) is 37.0 Å². The van der Waals surface area contributed by atoms with Crippen LogP contribution in [0.25, 0.3) is 0 Å². The van der Waals surface area contributed by atoms with Gasteiger partial charge in [0.25, 0.3) is 0 Å². The molecule has 3 aromatic rings. The molecule has 0 saturated heterocycles. The summed E-state index contributed by atoms with van der Waals surface area (Å²) < 4.78 is 38.9. The second kappa shape index (κ2) is 7.65. The van der Waals surface area contributed by atoms with E-state index in [2.05, 4.69) is 10.1 Å². The first-order valence-corrected chi connectivity index (χ1v) is 9.06. The standard InChI is InChI=1S/C17H17F2N3O4S/c1-10-15(26-16(23)25-10)6-27-11(2)17(24,7-22-9-20-8-21-22)13-4-3-12(18)5-14(13)19/h3-5,8-9,11,24H,6-7H2,1-2H3. The SMILES string of the molecule is Cc1oc(=O)oc1CSC(C)C(O)(Cn1cncn1)c1ccc(F)cc1F. The van der Waals surface area contributed by atoms with E-state index in [9.17, 15) is 18.7 Å². The summed E-state index contributed by atoms with van der Waals surface area (Å²) in [5.41, 5.74) is -1.79. The minimum Gasteiger partial charge on any atom is -0.396 e. The minimum atomic E-state index is -1.73. The summed E-state index contributed by atoms with van der Waals surface area (Å²) in [6.07, 6.45) is 2.69. The van der Waals surface area contributed by atoms with Crippen LogP contribution in [-0.2, 0) is 17.9 Å². The minimum absolute atomic E-state index is 0.0650. The number of aryl methyl sites for hydroxylation is 1. The van der Waals surface area contributed by atoms with Gasteiger partial charge in [0.1, 0.15) is 35.7 Å². The van der Waals surface area contributed by atoms with Gasteiger partial charge in [-0.2, -0.15) is 5.10 Å². The summed E-state index contributed by atoms with van der Waals surface area (Å²) in [6, 6.07) is 3.02. The lowest BCUT2D eigenvalue weighted by Gasteiger charge is -2.34. The molecular formula is C17H17F2N3O4S. The zero-order chi connectivity index (χ0) is 19.6. The smallest absolute Gasteiger partial charge is 0.396 e. The maximum absolute atomic E-state index is 14.4. The summed E-state index contributed by atoms with van der Waals surface area (Å²) in [4.78, 5) is 15.0. The molecule has 27 heavy (non-hydrogen) atoms. The van der Waals surface area contributed by atoms with E-state index >= 15 is 0 Å². The third-order valence-corrected chi connectivity index (χ3v) is 5.56. The third-order valence-electron chi connectivity index (χ3n) is 4.24. The molecule has 0 aliphatic heterocycles. The molecule has 1 aromatic carbocycles. The maximum atomic E-state index is 14.4. The molecule has 0 radical (unpaired) electrons. The first-order chi connectivity index (χ1) is 12.8. The average Bonchev–Trinajstić information content (AvgIpc) is 3.21. The van der Waals surface area contributed by atoms with Crippen LogP contribution in [-0.4, -0.2) is 25.1 Å². The average molecular weight is 397 g/mol. The zero-order valence-corrected chi connectivity index (χ0v) is 15.4. The van der Waals surface area contributed by atoms with Crippen LogP contribution in [0, 0.1) is 18.6 Å². The van der Waals surface area contributed by atoms with Crippen LogP contribution in [0.1, 0.15) is 24.0 Å². The number of hydrogen-bond acceptors (Lipinski definition) is 7. The molecule has 0 amide bonds. The normalized spacial score (nSPS) is 14.9. The topological polar surface area (TPSA) is 94.3 Å². The fraction of sp³-hybridized carbons (Fsp3) is 0.353. The Balaban J connectivity index is 1.90.